The molecule has 0 radical (unpaired) electrons. The van der Waals surface area contributed by atoms with Crippen LogP contribution in [0.3, 0.4) is 0 Å². The van der Waals surface area contributed by atoms with Gasteiger partial charge in [0.25, 0.3) is 0 Å². The van der Waals surface area contributed by atoms with Gasteiger partial charge in [-0.1, -0.05) is 19.8 Å². The number of aromatic nitrogens is 2. The average Bonchev–Trinajstić information content (AvgIpc) is 2.45. The van der Waals surface area contributed by atoms with Crippen LogP contribution in [0.4, 0.5) is 5.82 Å². The predicted molar refractivity (Wildman–Crippen MR) is 84.8 cm³/mol. The molecular weight excluding hydrogens is 318 g/mol. The van der Waals surface area contributed by atoms with Gasteiger partial charge >= 0.3 is 0 Å². The molecular formula is C15H24BrN3O. The quantitative estimate of drug-likeness (QED) is 0.778. The van der Waals surface area contributed by atoms with Gasteiger partial charge in [-0.05, 0) is 47.0 Å². The van der Waals surface area contributed by atoms with Gasteiger partial charge in [0.05, 0.1) is 0 Å². The molecule has 0 saturated heterocycles. The minimum absolute atomic E-state index is 0.306. The van der Waals surface area contributed by atoms with E-state index < -0.39 is 0 Å². The molecule has 1 saturated carbocycles. The topological polar surface area (TPSA) is 58.0 Å². The number of nitrogens with zero attached hydrogens (tertiary/aromatic N) is 2. The number of hydrogen-bond donors (Lipinski definition) is 2. The Hall–Kier alpha value is -0.680. The third-order valence-electron chi connectivity index (χ3n) is 4.06. The Morgan fingerprint density at radius 1 is 1.30 bits per heavy atom. The first-order valence-electron chi connectivity index (χ1n) is 7.61. The summed E-state index contributed by atoms with van der Waals surface area (Å²) in [6, 6.07) is 1.93. The highest BCUT2D eigenvalue weighted by atomic mass is 79.9. The minimum atomic E-state index is 0.306. The number of aliphatic hydroxyl groups is 1. The second kappa shape index (κ2) is 7.93. The van der Waals surface area contributed by atoms with Crippen LogP contribution >= 0.6 is 15.9 Å². The van der Waals surface area contributed by atoms with Gasteiger partial charge in [0.15, 0.2) is 0 Å². The molecule has 2 N–H and O–H groups in total. The van der Waals surface area contributed by atoms with Crippen molar-refractivity contribution in [1.82, 2.24) is 9.97 Å². The van der Waals surface area contributed by atoms with E-state index >= 15 is 0 Å². The van der Waals surface area contributed by atoms with E-state index in [4.69, 9.17) is 0 Å². The van der Waals surface area contributed by atoms with Crippen LogP contribution in [0.1, 0.15) is 44.9 Å². The maximum Gasteiger partial charge on any atom is 0.132 e. The summed E-state index contributed by atoms with van der Waals surface area (Å²) < 4.78 is 0.834. The predicted octanol–water partition coefficient (Wildman–Crippen LogP) is 3.40. The van der Waals surface area contributed by atoms with Crippen molar-refractivity contribution in [1.29, 1.82) is 0 Å². The van der Waals surface area contributed by atoms with Gasteiger partial charge in [-0.2, -0.15) is 0 Å². The molecule has 5 heteroatoms. The molecule has 112 valence electrons. The summed E-state index contributed by atoms with van der Waals surface area (Å²) in [5, 5.41) is 12.9. The first-order valence-corrected chi connectivity index (χ1v) is 8.40. The number of anilines is 1. The van der Waals surface area contributed by atoms with Crippen molar-refractivity contribution in [3.8, 4) is 0 Å². The molecule has 0 aliphatic heterocycles. The maximum absolute atomic E-state index is 9.46. The molecule has 1 heterocycles. The van der Waals surface area contributed by atoms with Crippen LogP contribution in [0.15, 0.2) is 10.7 Å². The standard InChI is InChI=1S/C15H24BrN3O/c1-2-5-14-18-13(16)8-15(19-14)17-9-11-6-3-4-7-12(11)10-20/h8,11-12,20H,2-7,9-10H2,1H3,(H,17,18,19). The van der Waals surface area contributed by atoms with Crippen LogP contribution in [0, 0.1) is 11.8 Å². The zero-order valence-electron chi connectivity index (χ0n) is 12.1. The van der Waals surface area contributed by atoms with Crippen molar-refractivity contribution in [2.45, 2.75) is 45.4 Å². The fourth-order valence-electron chi connectivity index (χ4n) is 2.92. The Labute approximate surface area is 129 Å². The van der Waals surface area contributed by atoms with Gasteiger partial charge in [0.1, 0.15) is 16.2 Å². The highest BCUT2D eigenvalue weighted by Crippen LogP contribution is 2.29. The Kier molecular flexibility index (Phi) is 6.23. The smallest absolute Gasteiger partial charge is 0.132 e. The van der Waals surface area contributed by atoms with E-state index in [-0.39, 0.29) is 0 Å². The van der Waals surface area contributed by atoms with E-state index in [0.717, 1.165) is 42.1 Å². The lowest BCUT2D eigenvalue weighted by molar-refractivity contribution is 0.141. The van der Waals surface area contributed by atoms with Crippen molar-refractivity contribution in [2.24, 2.45) is 11.8 Å². The van der Waals surface area contributed by atoms with Crippen molar-refractivity contribution in [2.75, 3.05) is 18.5 Å². The first kappa shape index (κ1) is 15.7. The number of halogens is 1. The molecule has 1 aliphatic carbocycles. The van der Waals surface area contributed by atoms with Gasteiger partial charge in [-0.25, -0.2) is 9.97 Å². The van der Waals surface area contributed by atoms with E-state index in [2.05, 4.69) is 38.1 Å². The van der Waals surface area contributed by atoms with E-state index in [9.17, 15) is 5.11 Å². The van der Waals surface area contributed by atoms with Crippen LogP contribution < -0.4 is 5.32 Å². The van der Waals surface area contributed by atoms with Gasteiger partial charge in [0.2, 0.25) is 0 Å². The summed E-state index contributed by atoms with van der Waals surface area (Å²) in [6.07, 6.45) is 6.82. The molecule has 0 aromatic carbocycles. The highest BCUT2D eigenvalue weighted by Gasteiger charge is 2.24. The molecule has 1 aliphatic rings. The third-order valence-corrected chi connectivity index (χ3v) is 4.47. The summed E-state index contributed by atoms with van der Waals surface area (Å²) in [5.74, 6) is 2.76. The van der Waals surface area contributed by atoms with Crippen molar-refractivity contribution < 1.29 is 5.11 Å². The number of aryl methyl sites for hydroxylation is 1. The molecule has 2 rings (SSSR count). The van der Waals surface area contributed by atoms with Crippen LogP contribution in [0.2, 0.25) is 0 Å². The molecule has 2 unspecified atom stereocenters. The summed E-state index contributed by atoms with van der Waals surface area (Å²) in [4.78, 5) is 8.92. The Balaban J connectivity index is 1.95. The van der Waals surface area contributed by atoms with E-state index in [1.807, 2.05) is 6.07 Å². The summed E-state index contributed by atoms with van der Waals surface area (Å²) >= 11 is 3.44. The highest BCUT2D eigenvalue weighted by molar-refractivity contribution is 9.10. The molecule has 1 fully saturated rings. The fourth-order valence-corrected chi connectivity index (χ4v) is 3.34. The molecule has 4 nitrogen and oxygen atoms in total. The van der Waals surface area contributed by atoms with Crippen LogP contribution in [0.5, 0.6) is 0 Å². The van der Waals surface area contributed by atoms with E-state index in [0.29, 0.717) is 18.4 Å². The van der Waals surface area contributed by atoms with Gasteiger partial charge in [0, 0.05) is 25.6 Å². The lowest BCUT2D eigenvalue weighted by Crippen LogP contribution is -2.28. The second-order valence-corrected chi connectivity index (χ2v) is 6.42. The third kappa shape index (κ3) is 4.42. The summed E-state index contributed by atoms with van der Waals surface area (Å²) in [5.41, 5.74) is 0. The molecule has 20 heavy (non-hydrogen) atoms. The van der Waals surface area contributed by atoms with Crippen molar-refractivity contribution >= 4 is 21.7 Å². The Morgan fingerprint density at radius 2 is 2.05 bits per heavy atom. The number of aliphatic hydroxyl groups excluding tert-OH is 1. The Morgan fingerprint density at radius 3 is 2.75 bits per heavy atom. The first-order chi connectivity index (χ1) is 9.72. The Bertz CT molecular complexity index is 428. The maximum atomic E-state index is 9.46. The molecule has 0 spiro atoms. The molecule has 0 amide bonds. The molecule has 2 atom stereocenters. The van der Waals surface area contributed by atoms with Gasteiger partial charge in [-0.15, -0.1) is 0 Å². The number of hydrogen-bond acceptors (Lipinski definition) is 4. The summed E-state index contributed by atoms with van der Waals surface area (Å²) in [6.45, 7) is 3.33. The second-order valence-electron chi connectivity index (χ2n) is 5.61. The molecule has 1 aromatic heterocycles. The molecule has 1 aromatic rings. The minimum Gasteiger partial charge on any atom is -0.396 e. The molecule has 0 bridgehead atoms. The lowest BCUT2D eigenvalue weighted by atomic mass is 9.79. The van der Waals surface area contributed by atoms with Crippen LogP contribution in [0.25, 0.3) is 0 Å². The van der Waals surface area contributed by atoms with E-state index in [1.165, 1.54) is 19.3 Å². The zero-order valence-corrected chi connectivity index (χ0v) is 13.7. The van der Waals surface area contributed by atoms with Gasteiger partial charge < -0.3 is 10.4 Å². The lowest BCUT2D eigenvalue weighted by Gasteiger charge is -2.30. The van der Waals surface area contributed by atoms with Crippen molar-refractivity contribution in [3.05, 3.63) is 16.5 Å². The van der Waals surface area contributed by atoms with E-state index in [1.54, 1.807) is 0 Å². The van der Waals surface area contributed by atoms with Crippen LogP contribution in [-0.2, 0) is 6.42 Å². The SMILES string of the molecule is CCCc1nc(Br)cc(NCC2CCCCC2CO)n1. The largest absolute Gasteiger partial charge is 0.396 e. The fraction of sp³-hybridized carbons (Fsp3) is 0.733. The zero-order chi connectivity index (χ0) is 14.4. The van der Waals surface area contributed by atoms with Crippen LogP contribution in [-0.4, -0.2) is 28.2 Å². The number of rotatable bonds is 6. The summed E-state index contributed by atoms with van der Waals surface area (Å²) in [7, 11) is 0. The monoisotopic (exact) mass is 341 g/mol. The average molecular weight is 342 g/mol. The normalized spacial score (nSPS) is 22.8. The van der Waals surface area contributed by atoms with Crippen molar-refractivity contribution in [3.63, 3.8) is 0 Å². The number of nitrogens with one attached hydrogen (secondary N) is 1. The van der Waals surface area contributed by atoms with Gasteiger partial charge in [-0.3, -0.25) is 0 Å².